The predicted molar refractivity (Wildman–Crippen MR) is 87.8 cm³/mol. The summed E-state index contributed by atoms with van der Waals surface area (Å²) in [7, 11) is 0. The minimum Gasteiger partial charge on any atom is -0.478 e. The van der Waals surface area contributed by atoms with Gasteiger partial charge < -0.3 is 14.9 Å². The summed E-state index contributed by atoms with van der Waals surface area (Å²) in [6.07, 6.45) is 3.59. The van der Waals surface area contributed by atoms with E-state index in [1.54, 1.807) is 17.0 Å². The predicted octanol–water partition coefficient (Wildman–Crippen LogP) is 1.86. The van der Waals surface area contributed by atoms with Crippen LogP contribution < -0.4 is 0 Å². The number of carboxylic acids is 1. The quantitative estimate of drug-likeness (QED) is 0.917. The molecule has 6 nitrogen and oxygen atoms in total. The molecule has 6 heteroatoms. The summed E-state index contributed by atoms with van der Waals surface area (Å²) in [5, 5.41) is 8.90. The molecule has 0 aromatic heterocycles. The van der Waals surface area contributed by atoms with Crippen LogP contribution in [0.15, 0.2) is 24.3 Å². The van der Waals surface area contributed by atoms with Crippen molar-refractivity contribution >= 4 is 17.8 Å². The van der Waals surface area contributed by atoms with Crippen LogP contribution >= 0.6 is 0 Å². The summed E-state index contributed by atoms with van der Waals surface area (Å²) in [6.45, 7) is 2.88. The molecule has 2 saturated heterocycles. The van der Waals surface area contributed by atoms with Gasteiger partial charge in [0.05, 0.1) is 5.56 Å². The molecule has 1 aromatic rings. The molecule has 0 saturated carbocycles. The zero-order valence-electron chi connectivity index (χ0n) is 13.6. The van der Waals surface area contributed by atoms with E-state index in [-0.39, 0.29) is 23.3 Å². The third-order valence-electron chi connectivity index (χ3n) is 4.93. The Hall–Kier alpha value is -2.37. The van der Waals surface area contributed by atoms with Crippen LogP contribution in [-0.4, -0.2) is 58.9 Å². The molecule has 0 radical (unpaired) electrons. The second kappa shape index (κ2) is 7.03. The summed E-state index contributed by atoms with van der Waals surface area (Å²) in [6, 6.07) is 5.99. The number of carbonyl (C=O) groups excluding carboxylic acids is 2. The molecule has 2 aliphatic rings. The lowest BCUT2D eigenvalue weighted by Crippen LogP contribution is -2.43. The van der Waals surface area contributed by atoms with Gasteiger partial charge in [-0.1, -0.05) is 0 Å². The van der Waals surface area contributed by atoms with Gasteiger partial charge in [-0.3, -0.25) is 9.59 Å². The Kier molecular flexibility index (Phi) is 4.83. The number of rotatable bonds is 3. The van der Waals surface area contributed by atoms with Gasteiger partial charge in [0, 0.05) is 37.7 Å². The fraction of sp³-hybridized carbons (Fsp3) is 0.500. The molecule has 0 bridgehead atoms. The van der Waals surface area contributed by atoms with E-state index in [9.17, 15) is 14.4 Å². The average molecular weight is 330 g/mol. The average Bonchev–Trinajstić information content (AvgIpc) is 3.15. The first-order valence-corrected chi connectivity index (χ1v) is 8.47. The van der Waals surface area contributed by atoms with E-state index >= 15 is 0 Å². The molecule has 128 valence electrons. The van der Waals surface area contributed by atoms with Crippen LogP contribution in [0.1, 0.15) is 46.4 Å². The van der Waals surface area contributed by atoms with Crippen molar-refractivity contribution in [3.05, 3.63) is 35.4 Å². The summed E-state index contributed by atoms with van der Waals surface area (Å²) in [5.41, 5.74) is 0.658. The smallest absolute Gasteiger partial charge is 0.335 e. The molecule has 1 aromatic carbocycles. The summed E-state index contributed by atoms with van der Waals surface area (Å²) >= 11 is 0. The van der Waals surface area contributed by atoms with Gasteiger partial charge in [0.2, 0.25) is 5.91 Å². The number of carbonyl (C=O) groups is 3. The van der Waals surface area contributed by atoms with Crippen LogP contribution in [0.5, 0.6) is 0 Å². The highest BCUT2D eigenvalue weighted by Gasteiger charge is 2.31. The lowest BCUT2D eigenvalue weighted by Gasteiger charge is -2.33. The summed E-state index contributed by atoms with van der Waals surface area (Å²) < 4.78 is 0. The lowest BCUT2D eigenvalue weighted by atomic mass is 9.95. The van der Waals surface area contributed by atoms with Gasteiger partial charge in [-0.05, 0) is 49.9 Å². The molecule has 2 amide bonds. The second-order valence-electron chi connectivity index (χ2n) is 6.48. The Bertz CT molecular complexity index is 627. The standard InChI is InChI=1S/C18H22N2O4/c21-16(13-3-5-15(6-4-13)18(23)24)20-11-7-14(8-12-20)17(22)19-9-1-2-10-19/h3-6,14H,1-2,7-12H2,(H,23,24). The number of benzene rings is 1. The van der Waals surface area contributed by atoms with Crippen molar-refractivity contribution in [2.75, 3.05) is 26.2 Å². The van der Waals surface area contributed by atoms with Crippen LogP contribution in [0, 0.1) is 5.92 Å². The molecule has 3 rings (SSSR count). The van der Waals surface area contributed by atoms with E-state index < -0.39 is 5.97 Å². The number of piperidine rings is 1. The monoisotopic (exact) mass is 330 g/mol. The molecular weight excluding hydrogens is 308 g/mol. The Morgan fingerprint density at radius 2 is 1.38 bits per heavy atom. The number of nitrogens with zero attached hydrogens (tertiary/aromatic N) is 2. The fourth-order valence-corrected chi connectivity index (χ4v) is 3.46. The minimum absolute atomic E-state index is 0.0292. The number of carboxylic acid groups (broad SMARTS) is 1. The molecule has 2 fully saturated rings. The summed E-state index contributed by atoms with van der Waals surface area (Å²) in [5.74, 6) is -0.832. The Morgan fingerprint density at radius 1 is 0.833 bits per heavy atom. The zero-order chi connectivity index (χ0) is 17.1. The van der Waals surface area contributed by atoms with Crippen molar-refractivity contribution in [2.24, 2.45) is 5.92 Å². The lowest BCUT2D eigenvalue weighted by molar-refractivity contribution is -0.135. The molecule has 0 unspecified atom stereocenters. The van der Waals surface area contributed by atoms with E-state index in [0.717, 1.165) is 25.9 Å². The van der Waals surface area contributed by atoms with E-state index in [2.05, 4.69) is 0 Å². The first-order chi connectivity index (χ1) is 11.6. The van der Waals surface area contributed by atoms with Crippen molar-refractivity contribution in [3.63, 3.8) is 0 Å². The first kappa shape index (κ1) is 16.5. The molecular formula is C18H22N2O4. The third-order valence-corrected chi connectivity index (χ3v) is 4.93. The van der Waals surface area contributed by atoms with Gasteiger partial charge in [0.25, 0.3) is 5.91 Å². The topological polar surface area (TPSA) is 77.9 Å². The molecule has 0 spiro atoms. The van der Waals surface area contributed by atoms with E-state index in [4.69, 9.17) is 5.11 Å². The number of amides is 2. The number of aromatic carboxylic acids is 1. The Labute approximate surface area is 141 Å². The third kappa shape index (κ3) is 3.42. The van der Waals surface area contributed by atoms with E-state index in [1.807, 2.05) is 4.90 Å². The van der Waals surface area contributed by atoms with Crippen molar-refractivity contribution in [2.45, 2.75) is 25.7 Å². The van der Waals surface area contributed by atoms with Crippen LogP contribution in [0.2, 0.25) is 0 Å². The second-order valence-corrected chi connectivity index (χ2v) is 6.48. The van der Waals surface area contributed by atoms with Crippen LogP contribution in [-0.2, 0) is 4.79 Å². The van der Waals surface area contributed by atoms with Crippen LogP contribution in [0.3, 0.4) is 0 Å². The highest BCUT2D eigenvalue weighted by molar-refractivity contribution is 5.96. The normalized spacial score (nSPS) is 18.7. The SMILES string of the molecule is O=C(O)c1ccc(C(=O)N2CCC(C(=O)N3CCCC3)CC2)cc1. The Morgan fingerprint density at radius 3 is 1.92 bits per heavy atom. The highest BCUT2D eigenvalue weighted by atomic mass is 16.4. The zero-order valence-corrected chi connectivity index (χ0v) is 13.6. The number of likely N-dealkylation sites (tertiary alicyclic amines) is 2. The molecule has 24 heavy (non-hydrogen) atoms. The molecule has 1 N–H and O–H groups in total. The Balaban J connectivity index is 1.56. The molecule has 2 heterocycles. The molecule has 2 aliphatic heterocycles. The van der Waals surface area contributed by atoms with Gasteiger partial charge in [0.15, 0.2) is 0 Å². The van der Waals surface area contributed by atoms with Crippen LogP contribution in [0.25, 0.3) is 0 Å². The van der Waals surface area contributed by atoms with Crippen molar-refractivity contribution in [3.8, 4) is 0 Å². The van der Waals surface area contributed by atoms with E-state index in [0.29, 0.717) is 31.5 Å². The number of hydrogen-bond donors (Lipinski definition) is 1. The summed E-state index contributed by atoms with van der Waals surface area (Å²) in [4.78, 5) is 39.5. The first-order valence-electron chi connectivity index (χ1n) is 8.47. The molecule has 0 aliphatic carbocycles. The van der Waals surface area contributed by atoms with E-state index in [1.165, 1.54) is 12.1 Å². The van der Waals surface area contributed by atoms with Crippen LogP contribution in [0.4, 0.5) is 0 Å². The maximum atomic E-state index is 12.5. The van der Waals surface area contributed by atoms with Gasteiger partial charge in [-0.15, -0.1) is 0 Å². The van der Waals surface area contributed by atoms with Crippen molar-refractivity contribution < 1.29 is 19.5 Å². The molecule has 0 atom stereocenters. The van der Waals surface area contributed by atoms with Gasteiger partial charge in [-0.2, -0.15) is 0 Å². The maximum absolute atomic E-state index is 12.5. The van der Waals surface area contributed by atoms with Gasteiger partial charge in [0.1, 0.15) is 0 Å². The fourth-order valence-electron chi connectivity index (χ4n) is 3.46. The van der Waals surface area contributed by atoms with Gasteiger partial charge >= 0.3 is 5.97 Å². The maximum Gasteiger partial charge on any atom is 0.335 e. The largest absolute Gasteiger partial charge is 0.478 e. The minimum atomic E-state index is -1.00. The highest BCUT2D eigenvalue weighted by Crippen LogP contribution is 2.23. The van der Waals surface area contributed by atoms with Gasteiger partial charge in [-0.25, -0.2) is 4.79 Å². The number of hydrogen-bond acceptors (Lipinski definition) is 3. The van der Waals surface area contributed by atoms with Crippen molar-refractivity contribution in [1.29, 1.82) is 0 Å². The van der Waals surface area contributed by atoms with Crippen molar-refractivity contribution in [1.82, 2.24) is 9.80 Å².